The lowest BCUT2D eigenvalue weighted by Gasteiger charge is -2.14. The van der Waals surface area contributed by atoms with Crippen LogP contribution in [0.5, 0.6) is 0 Å². The van der Waals surface area contributed by atoms with Gasteiger partial charge >= 0.3 is 5.97 Å². The van der Waals surface area contributed by atoms with Crippen LogP contribution in [0.15, 0.2) is 34.9 Å². The van der Waals surface area contributed by atoms with E-state index in [4.69, 9.17) is 5.11 Å². The van der Waals surface area contributed by atoms with Crippen molar-refractivity contribution < 1.29 is 9.90 Å². The monoisotopic (exact) mass is 336 g/mol. The molecule has 1 heterocycles. The van der Waals surface area contributed by atoms with Crippen LogP contribution in [0.2, 0.25) is 0 Å². The van der Waals surface area contributed by atoms with Gasteiger partial charge in [0.15, 0.2) is 0 Å². The largest absolute Gasteiger partial charge is 0.480 e. The Morgan fingerprint density at radius 1 is 1.45 bits per heavy atom. The standard InChI is InChI=1S/C15H17BrN2O2/c1-2-4-13(15(19)20)18-9-10-6-7-12(16)11-5-3-8-17-14(10)11/h3,5-8,13,18H,2,4,9H2,1H3,(H,19,20). The molecule has 0 amide bonds. The van der Waals surface area contributed by atoms with E-state index in [1.807, 2.05) is 31.2 Å². The molecule has 0 aliphatic heterocycles. The number of hydrogen-bond acceptors (Lipinski definition) is 3. The zero-order valence-electron chi connectivity index (χ0n) is 11.3. The average molecular weight is 337 g/mol. The molecule has 0 radical (unpaired) electrons. The Morgan fingerprint density at radius 3 is 2.95 bits per heavy atom. The summed E-state index contributed by atoms with van der Waals surface area (Å²) in [6.07, 6.45) is 3.21. The number of aliphatic carboxylic acids is 1. The van der Waals surface area contributed by atoms with Crippen molar-refractivity contribution in [3.8, 4) is 0 Å². The van der Waals surface area contributed by atoms with Gasteiger partial charge in [-0.25, -0.2) is 0 Å². The lowest BCUT2D eigenvalue weighted by molar-refractivity contribution is -0.139. The Labute approximate surface area is 126 Å². The van der Waals surface area contributed by atoms with Crippen LogP contribution in [0.1, 0.15) is 25.3 Å². The Morgan fingerprint density at radius 2 is 2.25 bits per heavy atom. The summed E-state index contributed by atoms with van der Waals surface area (Å²) < 4.78 is 0.993. The molecule has 20 heavy (non-hydrogen) atoms. The molecule has 2 rings (SSSR count). The minimum atomic E-state index is -0.804. The van der Waals surface area contributed by atoms with Crippen LogP contribution in [0.25, 0.3) is 10.9 Å². The van der Waals surface area contributed by atoms with Gasteiger partial charge in [0.2, 0.25) is 0 Å². The quantitative estimate of drug-likeness (QED) is 0.849. The van der Waals surface area contributed by atoms with Crippen LogP contribution in [0, 0.1) is 0 Å². The predicted molar refractivity (Wildman–Crippen MR) is 82.6 cm³/mol. The number of rotatable bonds is 6. The zero-order chi connectivity index (χ0) is 14.5. The van der Waals surface area contributed by atoms with Gasteiger partial charge in [0.1, 0.15) is 6.04 Å². The highest BCUT2D eigenvalue weighted by molar-refractivity contribution is 9.10. The summed E-state index contributed by atoms with van der Waals surface area (Å²) in [4.78, 5) is 15.5. The van der Waals surface area contributed by atoms with Crippen molar-refractivity contribution >= 4 is 32.8 Å². The maximum absolute atomic E-state index is 11.1. The van der Waals surface area contributed by atoms with E-state index in [-0.39, 0.29) is 0 Å². The summed E-state index contributed by atoms with van der Waals surface area (Å²) in [6.45, 7) is 2.48. The van der Waals surface area contributed by atoms with Crippen LogP contribution < -0.4 is 5.32 Å². The van der Waals surface area contributed by atoms with Crippen LogP contribution in [-0.2, 0) is 11.3 Å². The Kier molecular flexibility index (Phi) is 5.09. The highest BCUT2D eigenvalue weighted by Crippen LogP contribution is 2.25. The first kappa shape index (κ1) is 14.9. The highest BCUT2D eigenvalue weighted by Gasteiger charge is 2.16. The number of aromatic nitrogens is 1. The van der Waals surface area contributed by atoms with Gasteiger partial charge in [0.05, 0.1) is 5.52 Å². The number of halogens is 1. The van der Waals surface area contributed by atoms with E-state index in [0.717, 1.165) is 27.4 Å². The lowest BCUT2D eigenvalue weighted by Crippen LogP contribution is -2.36. The van der Waals surface area contributed by atoms with E-state index < -0.39 is 12.0 Å². The first-order chi connectivity index (χ1) is 9.63. The molecule has 0 saturated carbocycles. The number of benzene rings is 1. The molecule has 0 bridgehead atoms. The third-order valence-electron chi connectivity index (χ3n) is 3.21. The van der Waals surface area contributed by atoms with Crippen molar-refractivity contribution in [1.29, 1.82) is 0 Å². The summed E-state index contributed by atoms with van der Waals surface area (Å²) >= 11 is 3.50. The van der Waals surface area contributed by atoms with Gasteiger partial charge < -0.3 is 10.4 Å². The van der Waals surface area contributed by atoms with Crippen molar-refractivity contribution in [2.45, 2.75) is 32.4 Å². The molecule has 0 spiro atoms. The van der Waals surface area contributed by atoms with Crippen molar-refractivity contribution in [3.63, 3.8) is 0 Å². The SMILES string of the molecule is CCCC(NCc1ccc(Br)c2cccnc12)C(=O)O. The first-order valence-corrected chi connectivity index (χ1v) is 7.41. The second-order valence-corrected chi connectivity index (χ2v) is 5.52. The van der Waals surface area contributed by atoms with Gasteiger partial charge in [-0.3, -0.25) is 9.78 Å². The van der Waals surface area contributed by atoms with Crippen molar-refractivity contribution in [1.82, 2.24) is 10.3 Å². The molecule has 1 aromatic heterocycles. The summed E-state index contributed by atoms with van der Waals surface area (Å²) in [5.74, 6) is -0.804. The number of carbonyl (C=O) groups is 1. The molecule has 106 valence electrons. The maximum Gasteiger partial charge on any atom is 0.320 e. The first-order valence-electron chi connectivity index (χ1n) is 6.61. The normalized spacial score (nSPS) is 12.5. The number of nitrogens with one attached hydrogen (secondary N) is 1. The molecule has 0 saturated heterocycles. The molecule has 2 aromatic rings. The summed E-state index contributed by atoms with van der Waals surface area (Å²) in [7, 11) is 0. The number of pyridine rings is 1. The molecular formula is C15H17BrN2O2. The van der Waals surface area contributed by atoms with E-state index >= 15 is 0 Å². The van der Waals surface area contributed by atoms with E-state index in [0.29, 0.717) is 13.0 Å². The molecule has 1 atom stereocenters. The molecule has 1 unspecified atom stereocenters. The van der Waals surface area contributed by atoms with E-state index in [1.54, 1.807) is 6.20 Å². The topological polar surface area (TPSA) is 62.2 Å². The second-order valence-electron chi connectivity index (χ2n) is 4.67. The number of hydrogen-bond donors (Lipinski definition) is 2. The Hall–Kier alpha value is -1.46. The van der Waals surface area contributed by atoms with E-state index in [2.05, 4.69) is 26.2 Å². The van der Waals surface area contributed by atoms with Gasteiger partial charge in [-0.1, -0.05) is 41.4 Å². The van der Waals surface area contributed by atoms with Crippen LogP contribution in [0.3, 0.4) is 0 Å². The zero-order valence-corrected chi connectivity index (χ0v) is 12.9. The third-order valence-corrected chi connectivity index (χ3v) is 3.91. The van der Waals surface area contributed by atoms with Gasteiger partial charge in [-0.15, -0.1) is 0 Å². The highest BCUT2D eigenvalue weighted by atomic mass is 79.9. The molecule has 4 nitrogen and oxygen atoms in total. The average Bonchev–Trinajstić information content (AvgIpc) is 2.45. The number of fused-ring (bicyclic) bond motifs is 1. The third kappa shape index (κ3) is 3.35. The number of carboxylic acids is 1. The van der Waals surface area contributed by atoms with Gasteiger partial charge in [-0.05, 0) is 24.1 Å². The van der Waals surface area contributed by atoms with Gasteiger partial charge in [0, 0.05) is 22.6 Å². The van der Waals surface area contributed by atoms with Crippen LogP contribution in [0.4, 0.5) is 0 Å². The number of nitrogens with zero attached hydrogens (tertiary/aromatic N) is 1. The van der Waals surface area contributed by atoms with Crippen molar-refractivity contribution in [2.75, 3.05) is 0 Å². The fraction of sp³-hybridized carbons (Fsp3) is 0.333. The minimum Gasteiger partial charge on any atom is -0.480 e. The van der Waals surface area contributed by atoms with Gasteiger partial charge in [0.25, 0.3) is 0 Å². The molecule has 5 heteroatoms. The van der Waals surface area contributed by atoms with Gasteiger partial charge in [-0.2, -0.15) is 0 Å². The number of carboxylic acid groups (broad SMARTS) is 1. The molecule has 1 aromatic carbocycles. The Bertz CT molecular complexity index is 616. The molecule has 2 N–H and O–H groups in total. The smallest absolute Gasteiger partial charge is 0.320 e. The Balaban J connectivity index is 2.22. The van der Waals surface area contributed by atoms with E-state index in [9.17, 15) is 4.79 Å². The van der Waals surface area contributed by atoms with E-state index in [1.165, 1.54) is 0 Å². The summed E-state index contributed by atoms with van der Waals surface area (Å²) in [5, 5.41) is 13.3. The summed E-state index contributed by atoms with van der Waals surface area (Å²) in [6, 6.07) is 7.31. The molecule has 0 fully saturated rings. The minimum absolute atomic E-state index is 0.498. The maximum atomic E-state index is 11.1. The second kappa shape index (κ2) is 6.81. The van der Waals surface area contributed by atoms with Crippen LogP contribution >= 0.6 is 15.9 Å². The molecular weight excluding hydrogens is 320 g/mol. The molecule has 0 aliphatic rings. The predicted octanol–water partition coefficient (Wildman–Crippen LogP) is 3.34. The van der Waals surface area contributed by atoms with Crippen molar-refractivity contribution in [2.24, 2.45) is 0 Å². The lowest BCUT2D eigenvalue weighted by atomic mass is 10.1. The van der Waals surface area contributed by atoms with Crippen LogP contribution in [-0.4, -0.2) is 22.1 Å². The molecule has 0 aliphatic carbocycles. The van der Waals surface area contributed by atoms with Crippen molar-refractivity contribution in [3.05, 3.63) is 40.5 Å². The fourth-order valence-corrected chi connectivity index (χ4v) is 2.63. The fourth-order valence-electron chi connectivity index (χ4n) is 2.17. The summed E-state index contributed by atoms with van der Waals surface area (Å²) in [5.41, 5.74) is 1.90.